The quantitative estimate of drug-likeness (QED) is 0.134. The molecule has 3 rings (SSSR count). The molecule has 2 aliphatic rings. The van der Waals surface area contributed by atoms with Crippen molar-refractivity contribution in [2.75, 3.05) is 32.8 Å². The maximum Gasteiger partial charge on any atom is 0.413 e. The number of alkyl carbamates (subject to hydrolysis) is 1. The van der Waals surface area contributed by atoms with Crippen molar-refractivity contribution in [2.24, 2.45) is 4.99 Å². The SMILES string of the molecule is CCCCCCN(CCCCCC)C(=O)CCCOc1ccc2c(c1)CN(CC(=O)OC1CCCC1)C(NC(=O)OCC)=N2. The van der Waals surface area contributed by atoms with E-state index in [1.54, 1.807) is 11.8 Å². The Bertz CT molecular complexity index is 1060. The van der Waals surface area contributed by atoms with Crippen LogP contribution in [-0.4, -0.2) is 72.7 Å². The number of carbonyl (C=O) groups excluding carboxylic acids is 3. The number of nitrogens with zero attached hydrogens (tertiary/aromatic N) is 3. The van der Waals surface area contributed by atoms with E-state index in [0.717, 1.165) is 57.2 Å². The Balaban J connectivity index is 1.55. The maximum atomic E-state index is 13.0. The predicted octanol–water partition coefficient (Wildman–Crippen LogP) is 6.87. The number of nitrogens with one attached hydrogen (secondary N) is 1. The normalized spacial score (nSPS) is 14.5. The molecule has 0 bridgehead atoms. The molecule has 0 spiro atoms. The highest BCUT2D eigenvalue weighted by Gasteiger charge is 2.27. The van der Waals surface area contributed by atoms with Gasteiger partial charge in [-0.1, -0.05) is 52.4 Å². The molecule has 0 aromatic heterocycles. The Hall–Kier alpha value is -3.30. The first-order valence-corrected chi connectivity index (χ1v) is 16.9. The summed E-state index contributed by atoms with van der Waals surface area (Å²) in [7, 11) is 0. The molecule has 10 heteroatoms. The van der Waals surface area contributed by atoms with E-state index in [1.165, 1.54) is 38.5 Å². The third-order valence-corrected chi connectivity index (χ3v) is 8.07. The van der Waals surface area contributed by atoms with Gasteiger partial charge in [0.25, 0.3) is 0 Å². The van der Waals surface area contributed by atoms with Crippen LogP contribution < -0.4 is 10.1 Å². The first-order valence-electron chi connectivity index (χ1n) is 16.9. The van der Waals surface area contributed by atoms with Crippen LogP contribution in [0.3, 0.4) is 0 Å². The van der Waals surface area contributed by atoms with E-state index in [2.05, 4.69) is 29.1 Å². The van der Waals surface area contributed by atoms with Gasteiger partial charge >= 0.3 is 12.1 Å². The summed E-state index contributed by atoms with van der Waals surface area (Å²) in [4.78, 5) is 46.3. The van der Waals surface area contributed by atoms with Gasteiger partial charge < -0.3 is 24.0 Å². The van der Waals surface area contributed by atoms with Gasteiger partial charge in [0, 0.05) is 31.6 Å². The number of amides is 2. The van der Waals surface area contributed by atoms with Crippen LogP contribution in [0.15, 0.2) is 23.2 Å². The standard InChI is InChI=1S/C34H54N4O6/c1-4-7-9-13-21-37(22-14-10-8-5-2)31(39)18-15-23-43-29-19-20-30-27(24-29)25-38(33(35-30)36-34(41)42-6-3)26-32(40)44-28-16-11-12-17-28/h19-20,24,28H,4-18,21-23,25-26H2,1-3H3,(H,35,36,41). The molecule has 0 unspecified atom stereocenters. The molecule has 0 atom stereocenters. The van der Waals surface area contributed by atoms with Gasteiger partial charge in [-0.05, 0) is 70.1 Å². The molecule has 1 aliphatic carbocycles. The number of esters is 1. The number of benzene rings is 1. The fraction of sp³-hybridized carbons (Fsp3) is 0.706. The van der Waals surface area contributed by atoms with Gasteiger partial charge in [0.05, 0.1) is 18.9 Å². The minimum atomic E-state index is -0.626. The molecule has 0 saturated heterocycles. The van der Waals surface area contributed by atoms with Crippen LogP contribution in [0.4, 0.5) is 10.5 Å². The summed E-state index contributed by atoms with van der Waals surface area (Å²) in [6.45, 7) is 8.78. The Morgan fingerprint density at radius 3 is 2.32 bits per heavy atom. The predicted molar refractivity (Wildman–Crippen MR) is 172 cm³/mol. The average molecular weight is 615 g/mol. The fourth-order valence-electron chi connectivity index (χ4n) is 5.63. The molecule has 0 radical (unpaired) electrons. The molecule has 2 amide bonds. The van der Waals surface area contributed by atoms with E-state index in [9.17, 15) is 14.4 Å². The fourth-order valence-corrected chi connectivity index (χ4v) is 5.63. The second-order valence-corrected chi connectivity index (χ2v) is 11.8. The van der Waals surface area contributed by atoms with Crippen LogP contribution in [0.5, 0.6) is 5.75 Å². The Labute approximate surface area is 263 Å². The zero-order chi connectivity index (χ0) is 31.6. The smallest absolute Gasteiger partial charge is 0.413 e. The molecule has 10 nitrogen and oxygen atoms in total. The Morgan fingerprint density at radius 1 is 0.955 bits per heavy atom. The molecular weight excluding hydrogens is 560 g/mol. The maximum absolute atomic E-state index is 13.0. The van der Waals surface area contributed by atoms with Crippen molar-refractivity contribution in [3.05, 3.63) is 23.8 Å². The van der Waals surface area contributed by atoms with Gasteiger partial charge in [-0.15, -0.1) is 0 Å². The Kier molecular flexibility index (Phi) is 15.9. The van der Waals surface area contributed by atoms with Gasteiger partial charge in [-0.25, -0.2) is 9.79 Å². The lowest BCUT2D eigenvalue weighted by molar-refractivity contribution is -0.149. The Morgan fingerprint density at radius 2 is 1.66 bits per heavy atom. The zero-order valence-corrected chi connectivity index (χ0v) is 27.2. The lowest BCUT2D eigenvalue weighted by atomic mass is 10.1. The first kappa shape index (κ1) is 35.2. The van der Waals surface area contributed by atoms with E-state index in [0.29, 0.717) is 37.4 Å². The van der Waals surface area contributed by atoms with Crippen LogP contribution >= 0.6 is 0 Å². The average Bonchev–Trinajstić information content (AvgIpc) is 3.51. The monoisotopic (exact) mass is 614 g/mol. The highest BCUT2D eigenvalue weighted by atomic mass is 16.6. The van der Waals surface area contributed by atoms with Crippen LogP contribution in [0.2, 0.25) is 0 Å². The van der Waals surface area contributed by atoms with E-state index < -0.39 is 6.09 Å². The number of hydrogen-bond donors (Lipinski definition) is 1. The van der Waals surface area contributed by atoms with Gasteiger partial charge in [0.2, 0.25) is 11.9 Å². The minimum Gasteiger partial charge on any atom is -0.494 e. The van der Waals surface area contributed by atoms with Crippen molar-refractivity contribution in [3.63, 3.8) is 0 Å². The molecule has 1 aromatic carbocycles. The topological polar surface area (TPSA) is 110 Å². The van der Waals surface area contributed by atoms with Gasteiger partial charge in [-0.2, -0.15) is 0 Å². The summed E-state index contributed by atoms with van der Waals surface area (Å²) < 4.78 is 16.7. The summed E-state index contributed by atoms with van der Waals surface area (Å²) in [6.07, 6.45) is 13.6. The summed E-state index contributed by atoms with van der Waals surface area (Å²) in [5, 5.41) is 2.66. The molecule has 1 saturated carbocycles. The second-order valence-electron chi connectivity index (χ2n) is 11.8. The summed E-state index contributed by atoms with van der Waals surface area (Å²) in [5.74, 6) is 0.793. The van der Waals surface area contributed by atoms with Gasteiger partial charge in [0.1, 0.15) is 18.4 Å². The summed E-state index contributed by atoms with van der Waals surface area (Å²) in [5.41, 5.74) is 1.55. The molecular formula is C34H54N4O6. The molecule has 1 heterocycles. The van der Waals surface area contributed by atoms with Crippen LogP contribution in [-0.2, 0) is 25.6 Å². The minimum absolute atomic E-state index is 0.0399. The second kappa shape index (κ2) is 19.9. The highest BCUT2D eigenvalue weighted by Crippen LogP contribution is 2.30. The van der Waals surface area contributed by atoms with E-state index >= 15 is 0 Å². The van der Waals surface area contributed by atoms with E-state index in [4.69, 9.17) is 14.2 Å². The number of fused-ring (bicyclic) bond motifs is 1. The van der Waals surface area contributed by atoms with Crippen molar-refractivity contribution in [3.8, 4) is 5.75 Å². The number of unbranched alkanes of at least 4 members (excludes halogenated alkanes) is 6. The largest absolute Gasteiger partial charge is 0.494 e. The van der Waals surface area contributed by atoms with Crippen molar-refractivity contribution in [1.29, 1.82) is 0 Å². The van der Waals surface area contributed by atoms with Crippen molar-refractivity contribution in [1.82, 2.24) is 15.1 Å². The van der Waals surface area contributed by atoms with Crippen LogP contribution in [0.1, 0.15) is 116 Å². The highest BCUT2D eigenvalue weighted by molar-refractivity contribution is 5.97. The number of rotatable bonds is 19. The van der Waals surface area contributed by atoms with Crippen LogP contribution in [0.25, 0.3) is 0 Å². The van der Waals surface area contributed by atoms with Gasteiger partial charge in [-0.3, -0.25) is 14.9 Å². The number of ether oxygens (including phenoxy) is 3. The molecule has 1 fully saturated rings. The molecule has 246 valence electrons. The third kappa shape index (κ3) is 12.4. The molecule has 44 heavy (non-hydrogen) atoms. The first-order chi connectivity index (χ1) is 21.4. The lowest BCUT2D eigenvalue weighted by Crippen LogP contribution is -2.47. The number of carbonyl (C=O) groups is 3. The van der Waals surface area contributed by atoms with Crippen LogP contribution in [0, 0.1) is 0 Å². The van der Waals surface area contributed by atoms with Crippen molar-refractivity contribution >= 4 is 29.6 Å². The zero-order valence-electron chi connectivity index (χ0n) is 27.2. The number of guanidine groups is 1. The van der Waals surface area contributed by atoms with E-state index in [-0.39, 0.29) is 37.1 Å². The van der Waals surface area contributed by atoms with Gasteiger partial charge in [0.15, 0.2) is 0 Å². The molecule has 1 aliphatic heterocycles. The van der Waals surface area contributed by atoms with Crippen molar-refractivity contribution in [2.45, 2.75) is 123 Å². The third-order valence-electron chi connectivity index (χ3n) is 8.07. The lowest BCUT2D eigenvalue weighted by Gasteiger charge is -2.30. The number of aliphatic imine (C=N–C) groups is 1. The van der Waals surface area contributed by atoms with E-state index in [1.807, 2.05) is 18.2 Å². The molecule has 1 aromatic rings. The summed E-state index contributed by atoms with van der Waals surface area (Å²) in [6, 6.07) is 5.58. The molecule has 1 N–H and O–H groups in total. The summed E-state index contributed by atoms with van der Waals surface area (Å²) >= 11 is 0. The van der Waals surface area contributed by atoms with Crippen molar-refractivity contribution < 1.29 is 28.6 Å². The number of hydrogen-bond acceptors (Lipinski definition) is 8.